The third-order valence-electron chi connectivity index (χ3n) is 2.44. The lowest BCUT2D eigenvalue weighted by molar-refractivity contribution is -0.157. The van der Waals surface area contributed by atoms with Gasteiger partial charge in [-0.15, -0.1) is 0 Å². The maximum atomic E-state index is 11.1. The van der Waals surface area contributed by atoms with Gasteiger partial charge in [0.05, 0.1) is 0 Å². The van der Waals surface area contributed by atoms with E-state index in [1.54, 1.807) is 30.3 Å². The number of hydrogen-bond acceptors (Lipinski definition) is 4. The normalized spacial score (nSPS) is 22.7. The lowest BCUT2D eigenvalue weighted by Crippen LogP contribution is -2.36. The minimum Gasteiger partial charge on any atom is -0.481 e. The standard InChI is InChI=1S/C11H9NO5/c13-10(14)7-8(6-4-2-1-3-5-6)12-17-9(7)11(15)16/h1-5,7,9H,(H,13,14)(H,15,16)/t7-,9+/m1/s1. The molecule has 1 aromatic carbocycles. The molecule has 2 N–H and O–H groups in total. The van der Waals surface area contributed by atoms with E-state index in [0.29, 0.717) is 5.56 Å². The Balaban J connectivity index is 2.36. The molecule has 6 heteroatoms. The highest BCUT2D eigenvalue weighted by molar-refractivity contribution is 6.14. The fraction of sp³-hybridized carbons (Fsp3) is 0.182. The Morgan fingerprint density at radius 3 is 2.29 bits per heavy atom. The monoisotopic (exact) mass is 235 g/mol. The zero-order chi connectivity index (χ0) is 12.4. The molecule has 1 aliphatic heterocycles. The first-order valence-corrected chi connectivity index (χ1v) is 4.86. The fourth-order valence-electron chi connectivity index (χ4n) is 1.65. The molecule has 2 rings (SSSR count). The van der Waals surface area contributed by atoms with Crippen LogP contribution in [0.3, 0.4) is 0 Å². The summed E-state index contributed by atoms with van der Waals surface area (Å²) in [7, 11) is 0. The number of rotatable bonds is 3. The van der Waals surface area contributed by atoms with E-state index in [4.69, 9.17) is 10.2 Å². The van der Waals surface area contributed by atoms with Crippen LogP contribution in [0.4, 0.5) is 0 Å². The Kier molecular flexibility index (Phi) is 2.78. The van der Waals surface area contributed by atoms with Gasteiger partial charge in [-0.25, -0.2) is 4.79 Å². The molecule has 0 aromatic heterocycles. The molecule has 0 bridgehead atoms. The van der Waals surface area contributed by atoms with Crippen molar-refractivity contribution in [3.63, 3.8) is 0 Å². The molecule has 0 radical (unpaired) electrons. The largest absolute Gasteiger partial charge is 0.481 e. The van der Waals surface area contributed by atoms with Crippen LogP contribution in [0.1, 0.15) is 5.56 Å². The summed E-state index contributed by atoms with van der Waals surface area (Å²) in [6.45, 7) is 0. The number of oxime groups is 1. The lowest BCUT2D eigenvalue weighted by Gasteiger charge is -2.10. The zero-order valence-corrected chi connectivity index (χ0v) is 8.61. The number of aliphatic carboxylic acids is 2. The third kappa shape index (κ3) is 1.96. The maximum absolute atomic E-state index is 11.1. The topological polar surface area (TPSA) is 96.2 Å². The molecule has 0 amide bonds. The molecule has 1 heterocycles. The molecule has 2 atom stereocenters. The molecule has 0 saturated heterocycles. The summed E-state index contributed by atoms with van der Waals surface area (Å²) in [6, 6.07) is 8.50. The zero-order valence-electron chi connectivity index (χ0n) is 8.61. The van der Waals surface area contributed by atoms with Crippen LogP contribution in [0.25, 0.3) is 0 Å². The predicted molar refractivity (Wildman–Crippen MR) is 56.6 cm³/mol. The number of nitrogens with zero attached hydrogens (tertiary/aromatic N) is 1. The summed E-state index contributed by atoms with van der Waals surface area (Å²) in [5, 5.41) is 21.4. The van der Waals surface area contributed by atoms with E-state index >= 15 is 0 Å². The van der Waals surface area contributed by atoms with Crippen molar-refractivity contribution in [3.05, 3.63) is 35.9 Å². The second-order valence-electron chi connectivity index (χ2n) is 3.52. The van der Waals surface area contributed by atoms with Gasteiger partial charge >= 0.3 is 11.9 Å². The van der Waals surface area contributed by atoms with Crippen LogP contribution < -0.4 is 0 Å². The van der Waals surface area contributed by atoms with Crippen molar-refractivity contribution in [1.29, 1.82) is 0 Å². The Morgan fingerprint density at radius 1 is 1.12 bits per heavy atom. The first-order valence-electron chi connectivity index (χ1n) is 4.86. The van der Waals surface area contributed by atoms with Gasteiger partial charge in [-0.05, 0) is 0 Å². The Labute approximate surface area is 96.1 Å². The van der Waals surface area contributed by atoms with Crippen LogP contribution >= 0.6 is 0 Å². The van der Waals surface area contributed by atoms with Crippen molar-refractivity contribution in [2.24, 2.45) is 11.1 Å². The van der Waals surface area contributed by atoms with E-state index in [0.717, 1.165) is 0 Å². The number of hydrogen-bond donors (Lipinski definition) is 2. The molecule has 0 saturated carbocycles. The smallest absolute Gasteiger partial charge is 0.349 e. The Hall–Kier alpha value is -2.37. The third-order valence-corrected chi connectivity index (χ3v) is 2.44. The lowest BCUT2D eigenvalue weighted by atomic mass is 9.92. The first-order chi connectivity index (χ1) is 8.11. The fourth-order valence-corrected chi connectivity index (χ4v) is 1.65. The van der Waals surface area contributed by atoms with Gasteiger partial charge in [0.1, 0.15) is 5.71 Å². The highest BCUT2D eigenvalue weighted by Gasteiger charge is 2.45. The van der Waals surface area contributed by atoms with Crippen molar-refractivity contribution in [2.75, 3.05) is 0 Å². The van der Waals surface area contributed by atoms with E-state index in [1.807, 2.05) is 0 Å². The number of benzene rings is 1. The van der Waals surface area contributed by atoms with E-state index in [-0.39, 0.29) is 5.71 Å². The summed E-state index contributed by atoms with van der Waals surface area (Å²) in [4.78, 5) is 26.6. The predicted octanol–water partition coefficient (Wildman–Crippen LogP) is 0.575. The maximum Gasteiger partial charge on any atom is 0.349 e. The molecule has 0 spiro atoms. The SMILES string of the molecule is O=C(O)[C@@H]1C(c2ccccc2)=NO[C@@H]1C(=O)O. The average molecular weight is 235 g/mol. The summed E-state index contributed by atoms with van der Waals surface area (Å²) >= 11 is 0. The molecule has 6 nitrogen and oxygen atoms in total. The quantitative estimate of drug-likeness (QED) is 0.798. The molecule has 17 heavy (non-hydrogen) atoms. The minimum atomic E-state index is -1.47. The average Bonchev–Trinajstić information content (AvgIpc) is 2.74. The van der Waals surface area contributed by atoms with Crippen LogP contribution in [-0.4, -0.2) is 34.0 Å². The van der Waals surface area contributed by atoms with Crippen LogP contribution in [-0.2, 0) is 14.4 Å². The molecular formula is C11H9NO5. The highest BCUT2D eigenvalue weighted by atomic mass is 16.7. The van der Waals surface area contributed by atoms with Gasteiger partial charge < -0.3 is 15.1 Å². The van der Waals surface area contributed by atoms with Gasteiger partial charge in [0.15, 0.2) is 5.92 Å². The first kappa shape index (κ1) is 11.1. The van der Waals surface area contributed by atoms with Gasteiger partial charge in [0.2, 0.25) is 6.10 Å². The number of carboxylic acids is 2. The highest BCUT2D eigenvalue weighted by Crippen LogP contribution is 2.23. The van der Waals surface area contributed by atoms with Crippen molar-refractivity contribution < 1.29 is 24.6 Å². The van der Waals surface area contributed by atoms with Crippen molar-refractivity contribution >= 4 is 17.7 Å². The van der Waals surface area contributed by atoms with Crippen LogP contribution in [0.5, 0.6) is 0 Å². The van der Waals surface area contributed by atoms with Crippen molar-refractivity contribution in [1.82, 2.24) is 0 Å². The minimum absolute atomic E-state index is 0.130. The molecule has 0 aliphatic carbocycles. The molecule has 1 aromatic rings. The van der Waals surface area contributed by atoms with Gasteiger partial charge in [-0.1, -0.05) is 35.5 Å². The number of carboxylic acid groups (broad SMARTS) is 2. The molecule has 0 fully saturated rings. The summed E-state index contributed by atoms with van der Waals surface area (Å²) in [5.41, 5.74) is 0.675. The number of carbonyl (C=O) groups is 2. The second kappa shape index (κ2) is 4.25. The van der Waals surface area contributed by atoms with Crippen molar-refractivity contribution in [2.45, 2.75) is 6.10 Å². The molecule has 88 valence electrons. The molecule has 1 aliphatic rings. The van der Waals surface area contributed by atoms with Crippen LogP contribution in [0.15, 0.2) is 35.5 Å². The van der Waals surface area contributed by atoms with Crippen LogP contribution in [0.2, 0.25) is 0 Å². The summed E-state index contributed by atoms with van der Waals surface area (Å²) in [6.07, 6.45) is -1.47. The Bertz CT molecular complexity index is 482. The van der Waals surface area contributed by atoms with E-state index in [9.17, 15) is 9.59 Å². The molecule has 0 unspecified atom stereocenters. The van der Waals surface area contributed by atoms with Crippen molar-refractivity contribution in [3.8, 4) is 0 Å². The van der Waals surface area contributed by atoms with Gasteiger partial charge in [-0.3, -0.25) is 4.79 Å². The van der Waals surface area contributed by atoms with E-state index in [2.05, 4.69) is 9.99 Å². The van der Waals surface area contributed by atoms with E-state index < -0.39 is 24.0 Å². The summed E-state index contributed by atoms with van der Waals surface area (Å²) in [5.74, 6) is -3.89. The van der Waals surface area contributed by atoms with E-state index in [1.165, 1.54) is 0 Å². The Morgan fingerprint density at radius 2 is 1.76 bits per heavy atom. The molecular weight excluding hydrogens is 226 g/mol. The van der Waals surface area contributed by atoms with Gasteiger partial charge in [0.25, 0.3) is 0 Å². The van der Waals surface area contributed by atoms with Gasteiger partial charge in [-0.2, -0.15) is 0 Å². The second-order valence-corrected chi connectivity index (χ2v) is 3.52. The summed E-state index contributed by atoms with van der Waals surface area (Å²) < 4.78 is 0. The van der Waals surface area contributed by atoms with Gasteiger partial charge in [0, 0.05) is 5.56 Å². The van der Waals surface area contributed by atoms with Crippen LogP contribution in [0, 0.1) is 5.92 Å².